The summed E-state index contributed by atoms with van der Waals surface area (Å²) in [6.45, 7) is 0.654. The van der Waals surface area contributed by atoms with Crippen molar-refractivity contribution in [2.75, 3.05) is 17.1 Å². The third kappa shape index (κ3) is 2.90. The third-order valence-electron chi connectivity index (χ3n) is 4.39. The van der Waals surface area contributed by atoms with Crippen LogP contribution in [0.4, 0.5) is 5.69 Å². The monoisotopic (exact) mass is 371 g/mol. The van der Waals surface area contributed by atoms with Gasteiger partial charge in [-0.2, -0.15) is 0 Å². The molecular weight excluding hydrogens is 354 g/mol. The van der Waals surface area contributed by atoms with Crippen LogP contribution in [0.5, 0.6) is 0 Å². The van der Waals surface area contributed by atoms with Crippen LogP contribution >= 0.6 is 0 Å². The van der Waals surface area contributed by atoms with E-state index in [0.717, 1.165) is 11.2 Å². The van der Waals surface area contributed by atoms with Gasteiger partial charge in [0.2, 0.25) is 10.0 Å². The van der Waals surface area contributed by atoms with Crippen molar-refractivity contribution in [2.24, 2.45) is 0 Å². The number of nitrogens with one attached hydrogen (secondary N) is 1. The SMILES string of the molecule is CS(=O)(=O)N1CCc2cc(C(=O)NCc3nnc4ccccn34)ccc21. The number of nitrogens with zero attached hydrogens (tertiary/aromatic N) is 4. The van der Waals surface area contributed by atoms with Crippen molar-refractivity contribution in [1.82, 2.24) is 19.9 Å². The zero-order valence-corrected chi connectivity index (χ0v) is 14.9. The Bertz CT molecular complexity index is 1110. The first-order valence-electron chi connectivity index (χ1n) is 8.11. The fraction of sp³-hybridized carbons (Fsp3) is 0.235. The Kier molecular flexibility index (Phi) is 3.87. The Labute approximate surface area is 150 Å². The van der Waals surface area contributed by atoms with Crippen LogP contribution in [-0.2, 0) is 23.0 Å². The molecule has 0 atom stereocenters. The third-order valence-corrected chi connectivity index (χ3v) is 5.57. The maximum Gasteiger partial charge on any atom is 0.251 e. The Balaban J connectivity index is 1.51. The number of hydrogen-bond donors (Lipinski definition) is 1. The molecule has 0 aliphatic carbocycles. The maximum atomic E-state index is 12.5. The van der Waals surface area contributed by atoms with Crippen molar-refractivity contribution in [3.05, 3.63) is 59.5 Å². The van der Waals surface area contributed by atoms with E-state index in [1.807, 2.05) is 28.8 Å². The van der Waals surface area contributed by atoms with E-state index < -0.39 is 10.0 Å². The zero-order valence-electron chi connectivity index (χ0n) is 14.1. The van der Waals surface area contributed by atoms with Gasteiger partial charge in [0.05, 0.1) is 18.5 Å². The molecule has 0 saturated heterocycles. The van der Waals surface area contributed by atoms with Crippen molar-refractivity contribution >= 4 is 27.3 Å². The maximum absolute atomic E-state index is 12.5. The van der Waals surface area contributed by atoms with E-state index in [4.69, 9.17) is 0 Å². The van der Waals surface area contributed by atoms with E-state index in [9.17, 15) is 13.2 Å². The topological polar surface area (TPSA) is 96.7 Å². The molecule has 0 radical (unpaired) electrons. The lowest BCUT2D eigenvalue weighted by Crippen LogP contribution is -2.27. The van der Waals surface area contributed by atoms with Gasteiger partial charge < -0.3 is 5.32 Å². The molecule has 4 rings (SSSR count). The van der Waals surface area contributed by atoms with Crippen LogP contribution < -0.4 is 9.62 Å². The molecule has 1 N–H and O–H groups in total. The second-order valence-electron chi connectivity index (χ2n) is 6.16. The Morgan fingerprint density at radius 3 is 2.88 bits per heavy atom. The van der Waals surface area contributed by atoms with Crippen molar-refractivity contribution in [2.45, 2.75) is 13.0 Å². The number of pyridine rings is 1. The number of hydrogen-bond acceptors (Lipinski definition) is 5. The molecule has 2 aromatic heterocycles. The minimum Gasteiger partial charge on any atom is -0.345 e. The number of carbonyl (C=O) groups is 1. The molecule has 3 aromatic rings. The highest BCUT2D eigenvalue weighted by molar-refractivity contribution is 7.92. The number of benzene rings is 1. The summed E-state index contributed by atoms with van der Waals surface area (Å²) in [5.74, 6) is 0.400. The van der Waals surface area contributed by atoms with Crippen LogP contribution in [0.1, 0.15) is 21.7 Å². The van der Waals surface area contributed by atoms with Gasteiger partial charge in [-0.3, -0.25) is 13.5 Å². The predicted molar refractivity (Wildman–Crippen MR) is 96.5 cm³/mol. The average Bonchev–Trinajstić information content (AvgIpc) is 3.23. The van der Waals surface area contributed by atoms with Crippen molar-refractivity contribution in [3.63, 3.8) is 0 Å². The van der Waals surface area contributed by atoms with Crippen LogP contribution in [0.3, 0.4) is 0 Å². The number of sulfonamides is 1. The molecule has 8 nitrogen and oxygen atoms in total. The number of carbonyl (C=O) groups excluding carboxylic acids is 1. The summed E-state index contributed by atoms with van der Waals surface area (Å²) in [4.78, 5) is 12.5. The van der Waals surface area contributed by atoms with Crippen LogP contribution in [-0.4, -0.2) is 41.7 Å². The molecule has 26 heavy (non-hydrogen) atoms. The first-order chi connectivity index (χ1) is 12.4. The van der Waals surface area contributed by atoms with Crippen molar-refractivity contribution in [1.29, 1.82) is 0 Å². The molecule has 1 aliphatic rings. The summed E-state index contributed by atoms with van der Waals surface area (Å²) in [6, 6.07) is 10.7. The molecule has 134 valence electrons. The molecule has 3 heterocycles. The van der Waals surface area contributed by atoms with Crippen LogP contribution in [0.15, 0.2) is 42.6 Å². The highest BCUT2D eigenvalue weighted by atomic mass is 32.2. The van der Waals surface area contributed by atoms with E-state index in [0.29, 0.717) is 30.0 Å². The van der Waals surface area contributed by atoms with Gasteiger partial charge in [-0.1, -0.05) is 6.07 Å². The number of anilines is 1. The first kappa shape index (κ1) is 16.5. The van der Waals surface area contributed by atoms with Gasteiger partial charge in [-0.15, -0.1) is 10.2 Å². The molecule has 9 heteroatoms. The van der Waals surface area contributed by atoms with Gasteiger partial charge in [0.1, 0.15) is 0 Å². The lowest BCUT2D eigenvalue weighted by atomic mass is 10.1. The zero-order chi connectivity index (χ0) is 18.3. The van der Waals surface area contributed by atoms with Crippen LogP contribution in [0, 0.1) is 0 Å². The summed E-state index contributed by atoms with van der Waals surface area (Å²) in [5.41, 5.74) is 2.71. The Hall–Kier alpha value is -2.94. The van der Waals surface area contributed by atoms with E-state index >= 15 is 0 Å². The summed E-state index contributed by atoms with van der Waals surface area (Å²) >= 11 is 0. The molecule has 0 fully saturated rings. The fourth-order valence-corrected chi connectivity index (χ4v) is 4.09. The van der Waals surface area contributed by atoms with Gasteiger partial charge in [-0.05, 0) is 42.3 Å². The van der Waals surface area contributed by atoms with E-state index in [2.05, 4.69) is 15.5 Å². The highest BCUT2D eigenvalue weighted by Gasteiger charge is 2.26. The average molecular weight is 371 g/mol. The molecular formula is C17H17N5O3S. The van der Waals surface area contributed by atoms with Gasteiger partial charge in [-0.25, -0.2) is 8.42 Å². The molecule has 1 amide bonds. The van der Waals surface area contributed by atoms with Gasteiger partial charge >= 0.3 is 0 Å². The molecule has 1 aromatic carbocycles. The smallest absolute Gasteiger partial charge is 0.251 e. The van der Waals surface area contributed by atoms with E-state index in [1.165, 1.54) is 10.6 Å². The number of fused-ring (bicyclic) bond motifs is 2. The summed E-state index contributed by atoms with van der Waals surface area (Å²) < 4.78 is 26.8. The molecule has 0 spiro atoms. The largest absolute Gasteiger partial charge is 0.345 e. The van der Waals surface area contributed by atoms with Crippen LogP contribution in [0.2, 0.25) is 0 Å². The lowest BCUT2D eigenvalue weighted by Gasteiger charge is -2.16. The predicted octanol–water partition coefficient (Wildman–Crippen LogP) is 0.981. The lowest BCUT2D eigenvalue weighted by molar-refractivity contribution is 0.0949. The Morgan fingerprint density at radius 2 is 2.08 bits per heavy atom. The molecule has 0 saturated carbocycles. The van der Waals surface area contributed by atoms with Crippen LogP contribution in [0.25, 0.3) is 5.65 Å². The minimum absolute atomic E-state index is 0.238. The second-order valence-corrected chi connectivity index (χ2v) is 8.06. The summed E-state index contributed by atoms with van der Waals surface area (Å²) in [6.07, 6.45) is 3.62. The van der Waals surface area contributed by atoms with Gasteiger partial charge in [0.15, 0.2) is 11.5 Å². The normalized spacial score (nSPS) is 13.8. The molecule has 1 aliphatic heterocycles. The van der Waals surface area contributed by atoms with Crippen molar-refractivity contribution < 1.29 is 13.2 Å². The fourth-order valence-electron chi connectivity index (χ4n) is 3.13. The van der Waals surface area contributed by atoms with E-state index in [1.54, 1.807) is 18.2 Å². The molecule has 0 bridgehead atoms. The Morgan fingerprint density at radius 1 is 1.23 bits per heavy atom. The van der Waals surface area contributed by atoms with Gasteiger partial charge in [0, 0.05) is 18.3 Å². The number of rotatable bonds is 4. The van der Waals surface area contributed by atoms with Crippen molar-refractivity contribution in [3.8, 4) is 0 Å². The summed E-state index contributed by atoms with van der Waals surface area (Å²) in [7, 11) is -3.29. The quantitative estimate of drug-likeness (QED) is 0.737. The van der Waals surface area contributed by atoms with Gasteiger partial charge in [0.25, 0.3) is 5.91 Å². The minimum atomic E-state index is -3.29. The highest BCUT2D eigenvalue weighted by Crippen LogP contribution is 2.30. The molecule has 0 unspecified atom stereocenters. The number of aromatic nitrogens is 3. The first-order valence-corrected chi connectivity index (χ1v) is 9.96. The number of amides is 1. The summed E-state index contributed by atoms with van der Waals surface area (Å²) in [5, 5.41) is 11.0. The van der Waals surface area contributed by atoms with E-state index in [-0.39, 0.29) is 12.5 Å². The standard InChI is InChI=1S/C17H17N5O3S/c1-26(24,25)22-9-7-12-10-13(5-6-14(12)22)17(23)18-11-16-20-19-15-4-2-3-8-21(15)16/h2-6,8,10H,7,9,11H2,1H3,(H,18,23). The second kappa shape index (κ2) is 6.10.